The monoisotopic (exact) mass is 632 g/mol. The molecule has 5 rings (SSSR count). The molecule has 12 heteroatoms. The lowest BCUT2D eigenvalue weighted by molar-refractivity contribution is -0.384. The summed E-state index contributed by atoms with van der Waals surface area (Å²) in [6, 6.07) is 22.2. The van der Waals surface area contributed by atoms with E-state index in [0.717, 1.165) is 60.7 Å². The van der Waals surface area contributed by atoms with Gasteiger partial charge in [-0.2, -0.15) is 0 Å². The van der Waals surface area contributed by atoms with E-state index < -0.39 is 12.3 Å². The third-order valence-electron chi connectivity index (χ3n) is 8.41. The molecule has 3 aromatic carbocycles. The van der Waals surface area contributed by atoms with E-state index in [4.69, 9.17) is 14.6 Å². The van der Waals surface area contributed by atoms with Crippen molar-refractivity contribution >= 4 is 23.3 Å². The largest absolute Gasteiger partial charge is 0.481 e. The third kappa shape index (κ3) is 9.10. The van der Waals surface area contributed by atoms with E-state index in [-0.39, 0.29) is 48.2 Å². The number of hydrogen-bond acceptors (Lipinski definition) is 9. The molecule has 0 aliphatic carbocycles. The highest BCUT2D eigenvalue weighted by atomic mass is 16.7. The zero-order valence-corrected chi connectivity index (χ0v) is 25.6. The number of nitro groups is 1. The maximum Gasteiger partial charge on any atom is 0.303 e. The van der Waals surface area contributed by atoms with E-state index in [9.17, 15) is 24.8 Å². The molecule has 46 heavy (non-hydrogen) atoms. The second-order valence-electron chi connectivity index (χ2n) is 11.7. The van der Waals surface area contributed by atoms with Gasteiger partial charge in [0.25, 0.3) is 5.69 Å². The lowest BCUT2D eigenvalue weighted by atomic mass is 9.99. The maximum absolute atomic E-state index is 12.1. The molecule has 244 valence electrons. The minimum absolute atomic E-state index is 0.0266. The molecular weight excluding hydrogens is 592 g/mol. The number of rotatable bonds is 13. The van der Waals surface area contributed by atoms with Gasteiger partial charge in [-0.15, -0.1) is 0 Å². The summed E-state index contributed by atoms with van der Waals surface area (Å²) >= 11 is 0. The summed E-state index contributed by atoms with van der Waals surface area (Å²) in [5.41, 5.74) is 4.67. The number of aliphatic hydroxyl groups excluding tert-OH is 1. The number of nitrogens with one attached hydrogen (secondary N) is 1. The Morgan fingerprint density at radius 1 is 0.870 bits per heavy atom. The Morgan fingerprint density at radius 3 is 2.15 bits per heavy atom. The number of anilines is 1. The number of carboxylic acid groups (broad SMARTS) is 1. The van der Waals surface area contributed by atoms with Gasteiger partial charge < -0.3 is 29.9 Å². The van der Waals surface area contributed by atoms with Crippen molar-refractivity contribution in [2.24, 2.45) is 0 Å². The van der Waals surface area contributed by atoms with Crippen LogP contribution < -0.4 is 10.2 Å². The summed E-state index contributed by atoms with van der Waals surface area (Å²) in [5.74, 6) is -1.10. The lowest BCUT2D eigenvalue weighted by Crippen LogP contribution is -2.49. The van der Waals surface area contributed by atoms with Gasteiger partial charge in [0, 0.05) is 81.9 Å². The van der Waals surface area contributed by atoms with Crippen molar-refractivity contribution in [2.75, 3.05) is 37.6 Å². The third-order valence-corrected chi connectivity index (χ3v) is 8.41. The van der Waals surface area contributed by atoms with Gasteiger partial charge in [0.2, 0.25) is 5.91 Å². The number of nitro benzene ring substituents is 1. The molecule has 0 aromatic heterocycles. The molecule has 2 aliphatic rings. The molecule has 0 spiro atoms. The Kier molecular flexibility index (Phi) is 11.3. The highest BCUT2D eigenvalue weighted by Gasteiger charge is 2.34. The average molecular weight is 633 g/mol. The summed E-state index contributed by atoms with van der Waals surface area (Å²) < 4.78 is 13.0. The van der Waals surface area contributed by atoms with Crippen LogP contribution in [0.1, 0.15) is 60.3 Å². The van der Waals surface area contributed by atoms with Crippen LogP contribution in [-0.4, -0.2) is 70.7 Å². The molecular formula is C34H40N4O8. The van der Waals surface area contributed by atoms with Crippen molar-refractivity contribution in [3.8, 4) is 0 Å². The summed E-state index contributed by atoms with van der Waals surface area (Å²) in [7, 11) is 0. The number of carbonyl (C=O) groups excluding carboxylic acids is 1. The number of ether oxygens (including phenoxy) is 2. The van der Waals surface area contributed by atoms with E-state index in [0.29, 0.717) is 19.4 Å². The second-order valence-corrected chi connectivity index (χ2v) is 11.7. The quantitative estimate of drug-likeness (QED) is 0.183. The Hall–Kier alpha value is -4.36. The van der Waals surface area contributed by atoms with Crippen LogP contribution >= 0.6 is 0 Å². The molecule has 3 aromatic rings. The van der Waals surface area contributed by atoms with Crippen LogP contribution in [0, 0.1) is 10.1 Å². The van der Waals surface area contributed by atoms with Crippen LogP contribution in [0.4, 0.5) is 11.4 Å². The Bertz CT molecular complexity index is 1460. The maximum atomic E-state index is 12.1. The zero-order chi connectivity index (χ0) is 32.5. The first-order valence-electron chi connectivity index (χ1n) is 15.6. The van der Waals surface area contributed by atoms with E-state index in [1.54, 1.807) is 24.3 Å². The highest BCUT2D eigenvalue weighted by molar-refractivity contribution is 5.76. The van der Waals surface area contributed by atoms with E-state index >= 15 is 0 Å². The number of nitrogens with zero attached hydrogens (tertiary/aromatic N) is 3. The highest BCUT2D eigenvalue weighted by Crippen LogP contribution is 2.38. The number of carboxylic acids is 1. The van der Waals surface area contributed by atoms with Crippen LogP contribution in [0.15, 0.2) is 72.8 Å². The fraction of sp³-hybridized carbons (Fsp3) is 0.412. The second kappa shape index (κ2) is 15.8. The van der Waals surface area contributed by atoms with Gasteiger partial charge in [0.1, 0.15) is 0 Å². The molecule has 2 fully saturated rings. The minimum Gasteiger partial charge on any atom is -0.481 e. The fourth-order valence-corrected chi connectivity index (χ4v) is 5.78. The molecule has 0 radical (unpaired) electrons. The van der Waals surface area contributed by atoms with E-state index in [2.05, 4.69) is 15.1 Å². The first kappa shape index (κ1) is 33.0. The van der Waals surface area contributed by atoms with E-state index in [1.807, 2.05) is 48.5 Å². The summed E-state index contributed by atoms with van der Waals surface area (Å²) in [5, 5.41) is 32.1. The van der Waals surface area contributed by atoms with Crippen molar-refractivity contribution in [1.29, 1.82) is 0 Å². The normalized spacial score (nSPS) is 20.3. The number of hydrogen-bond donors (Lipinski definition) is 3. The number of amides is 1. The number of carbonyl (C=O) groups is 2. The molecule has 3 N–H and O–H groups in total. The number of benzene rings is 3. The van der Waals surface area contributed by atoms with Gasteiger partial charge in [0.05, 0.1) is 23.7 Å². The molecule has 2 heterocycles. The summed E-state index contributed by atoms with van der Waals surface area (Å²) in [6.07, 6.45) is 0.208. The van der Waals surface area contributed by atoms with Crippen LogP contribution in [0.25, 0.3) is 0 Å². The van der Waals surface area contributed by atoms with Crippen LogP contribution in [0.3, 0.4) is 0 Å². The van der Waals surface area contributed by atoms with Gasteiger partial charge in [-0.25, -0.2) is 0 Å². The molecule has 0 saturated carbocycles. The Morgan fingerprint density at radius 2 is 1.52 bits per heavy atom. The first-order chi connectivity index (χ1) is 22.3. The van der Waals surface area contributed by atoms with Crippen LogP contribution in [0.2, 0.25) is 0 Å². The Labute approximate surface area is 267 Å². The van der Waals surface area contributed by atoms with Gasteiger partial charge in [-0.1, -0.05) is 48.5 Å². The molecule has 3 atom stereocenters. The van der Waals surface area contributed by atoms with Gasteiger partial charge >= 0.3 is 5.97 Å². The van der Waals surface area contributed by atoms with Crippen molar-refractivity contribution in [3.05, 3.63) is 105 Å². The summed E-state index contributed by atoms with van der Waals surface area (Å²) in [4.78, 5) is 38.0. The lowest BCUT2D eigenvalue weighted by Gasteiger charge is -2.41. The zero-order valence-electron chi connectivity index (χ0n) is 25.6. The minimum atomic E-state index is -0.913. The fourth-order valence-electron chi connectivity index (χ4n) is 5.78. The molecule has 2 saturated heterocycles. The molecule has 12 nitrogen and oxygen atoms in total. The van der Waals surface area contributed by atoms with Crippen molar-refractivity contribution in [1.82, 2.24) is 10.2 Å². The summed E-state index contributed by atoms with van der Waals surface area (Å²) in [6.45, 7) is 4.30. The number of non-ortho nitro benzene ring substituents is 1. The predicted octanol–water partition coefficient (Wildman–Crippen LogP) is 4.33. The van der Waals surface area contributed by atoms with Crippen molar-refractivity contribution in [2.45, 2.75) is 57.3 Å². The predicted molar refractivity (Wildman–Crippen MR) is 170 cm³/mol. The smallest absolute Gasteiger partial charge is 0.303 e. The number of aliphatic carboxylic acids is 1. The number of piperazine rings is 1. The molecule has 2 aliphatic heterocycles. The van der Waals surface area contributed by atoms with Gasteiger partial charge in [-0.3, -0.25) is 24.6 Å². The van der Waals surface area contributed by atoms with Crippen molar-refractivity contribution < 1.29 is 34.2 Å². The van der Waals surface area contributed by atoms with Crippen LogP contribution in [-0.2, 0) is 32.2 Å². The molecule has 0 unspecified atom stereocenters. The SMILES string of the molecule is O=C(O)CCCC(=O)NCc1ccc([C@H]2O[C@@H](CN3CCN(c4ccc([N+](=O)[O-])cc4)CC3)C[C@@H](c3ccc(CO)cc3)O2)cc1. The standard InChI is InChI=1S/C34H40N4O8/c39-23-25-6-8-26(9-7-25)31-20-30(22-36-16-18-37(19-17-36)28-12-14-29(15-13-28)38(43)44)45-34(46-31)27-10-4-24(5-11-27)21-35-32(40)2-1-3-33(41)42/h4-15,30-31,34,39H,1-3,16-23H2,(H,35,40)(H,41,42)/t30-,31+,34+/m1/s1. The average Bonchev–Trinajstić information content (AvgIpc) is 3.07. The first-order valence-corrected chi connectivity index (χ1v) is 15.6. The Balaban J connectivity index is 1.20. The number of aliphatic hydroxyl groups is 1. The van der Waals surface area contributed by atoms with Crippen LogP contribution in [0.5, 0.6) is 0 Å². The van der Waals surface area contributed by atoms with Gasteiger partial charge in [0.15, 0.2) is 6.29 Å². The van der Waals surface area contributed by atoms with Gasteiger partial charge in [-0.05, 0) is 35.2 Å². The molecule has 1 amide bonds. The topological polar surface area (TPSA) is 155 Å². The molecule has 0 bridgehead atoms. The van der Waals surface area contributed by atoms with E-state index in [1.165, 1.54) is 0 Å². The van der Waals surface area contributed by atoms with Crippen molar-refractivity contribution in [3.63, 3.8) is 0 Å².